The first-order valence-electron chi connectivity index (χ1n) is 6.78. The number of hydrogen-bond acceptors (Lipinski definition) is 2. The number of rotatable bonds is 6. The van der Waals surface area contributed by atoms with Crippen LogP contribution in [0.1, 0.15) is 30.5 Å². The van der Waals surface area contributed by atoms with Gasteiger partial charge in [-0.1, -0.05) is 6.08 Å². The number of hydrogen-bond donors (Lipinski definition) is 0. The fourth-order valence-corrected chi connectivity index (χ4v) is 1.75. The topological polar surface area (TPSA) is 18.5 Å². The molecule has 23 heavy (non-hydrogen) atoms. The zero-order valence-corrected chi connectivity index (χ0v) is 12.5. The summed E-state index contributed by atoms with van der Waals surface area (Å²) in [5.74, 6) is 0. The molecule has 8 heteroatoms. The summed E-state index contributed by atoms with van der Waals surface area (Å²) < 4.78 is 86.7. The highest BCUT2D eigenvalue weighted by Crippen LogP contribution is 2.36. The highest BCUT2D eigenvalue weighted by molar-refractivity contribution is 5.53. The fraction of sp³-hybridized carbons (Fsp3) is 0.467. The van der Waals surface area contributed by atoms with Crippen molar-refractivity contribution in [2.75, 3.05) is 13.2 Å². The van der Waals surface area contributed by atoms with Crippen LogP contribution < -0.4 is 0 Å². The zero-order chi connectivity index (χ0) is 17.7. The molecule has 0 radical (unpaired) electrons. The van der Waals surface area contributed by atoms with Gasteiger partial charge in [-0.2, -0.15) is 26.3 Å². The number of benzene rings is 1. The largest absolute Gasteiger partial charge is 0.416 e. The van der Waals surface area contributed by atoms with E-state index < -0.39 is 29.8 Å². The molecule has 1 aromatic carbocycles. The van der Waals surface area contributed by atoms with Crippen LogP contribution in [-0.2, 0) is 21.8 Å². The molecule has 1 rings (SSSR count). The van der Waals surface area contributed by atoms with E-state index in [2.05, 4.69) is 0 Å². The Labute approximate surface area is 129 Å². The molecule has 0 aliphatic rings. The molecule has 0 amide bonds. The summed E-state index contributed by atoms with van der Waals surface area (Å²) in [4.78, 5) is 0. The number of halogens is 6. The first-order chi connectivity index (χ1) is 10.6. The minimum atomic E-state index is -4.87. The van der Waals surface area contributed by atoms with Gasteiger partial charge >= 0.3 is 12.4 Å². The summed E-state index contributed by atoms with van der Waals surface area (Å²) in [6.07, 6.45) is -8.20. The van der Waals surface area contributed by atoms with Crippen LogP contribution in [0.3, 0.4) is 0 Å². The van der Waals surface area contributed by atoms with Gasteiger partial charge < -0.3 is 9.47 Å². The van der Waals surface area contributed by atoms with Gasteiger partial charge in [0.2, 0.25) is 0 Å². The second-order valence-electron chi connectivity index (χ2n) is 4.48. The first-order valence-corrected chi connectivity index (χ1v) is 6.78. The van der Waals surface area contributed by atoms with Crippen LogP contribution in [0.15, 0.2) is 24.3 Å². The van der Waals surface area contributed by atoms with Gasteiger partial charge in [-0.05, 0) is 43.7 Å². The van der Waals surface area contributed by atoms with Crippen molar-refractivity contribution in [3.8, 4) is 0 Å². The average Bonchev–Trinajstić information content (AvgIpc) is 2.43. The Bertz CT molecular complexity index is 495. The molecule has 0 fully saturated rings. The lowest BCUT2D eigenvalue weighted by Gasteiger charge is -2.14. The monoisotopic (exact) mass is 342 g/mol. The summed E-state index contributed by atoms with van der Waals surface area (Å²) in [5, 5.41) is 0. The van der Waals surface area contributed by atoms with E-state index in [-0.39, 0.29) is 24.8 Å². The van der Waals surface area contributed by atoms with Crippen LogP contribution in [0.4, 0.5) is 26.3 Å². The van der Waals surface area contributed by atoms with Gasteiger partial charge in [0.05, 0.1) is 11.1 Å². The number of ether oxygens (including phenoxy) is 2. The SMILES string of the molecule is CCOC(C=Cc1cc(C(F)(F)F)cc(C(F)(F)F)c1)OCC. The second-order valence-corrected chi connectivity index (χ2v) is 4.48. The molecule has 0 aliphatic carbocycles. The molecular formula is C15H16F6O2. The van der Waals surface area contributed by atoms with E-state index in [1.165, 1.54) is 6.08 Å². The molecular weight excluding hydrogens is 326 g/mol. The summed E-state index contributed by atoms with van der Waals surface area (Å²) in [6, 6.07) is 1.36. The van der Waals surface area contributed by atoms with Crippen LogP contribution in [-0.4, -0.2) is 19.5 Å². The molecule has 1 aromatic rings. The quantitative estimate of drug-likeness (QED) is 0.527. The molecule has 0 aliphatic heterocycles. The predicted octanol–water partition coefficient (Wildman–Crippen LogP) is 5.14. The molecule has 0 N–H and O–H groups in total. The lowest BCUT2D eigenvalue weighted by Crippen LogP contribution is -2.14. The van der Waals surface area contributed by atoms with Crippen molar-refractivity contribution in [3.63, 3.8) is 0 Å². The highest BCUT2D eigenvalue weighted by atomic mass is 19.4. The lowest BCUT2D eigenvalue weighted by molar-refractivity contribution is -0.143. The van der Waals surface area contributed by atoms with E-state index in [9.17, 15) is 26.3 Å². The molecule has 0 heterocycles. The van der Waals surface area contributed by atoms with E-state index in [0.717, 1.165) is 6.08 Å². The summed E-state index contributed by atoms with van der Waals surface area (Å²) in [5.41, 5.74) is -2.97. The molecule has 0 atom stereocenters. The van der Waals surface area contributed by atoms with Gasteiger partial charge in [0.1, 0.15) is 0 Å². The van der Waals surface area contributed by atoms with Crippen LogP contribution in [0.5, 0.6) is 0 Å². The Kier molecular flexibility index (Phi) is 6.64. The van der Waals surface area contributed by atoms with Crippen LogP contribution in [0.25, 0.3) is 6.08 Å². The number of alkyl halides is 6. The normalized spacial score (nSPS) is 13.3. The standard InChI is InChI=1S/C15H16F6O2/c1-3-22-13(23-4-2)6-5-10-7-11(14(16,17)18)9-12(8-10)15(19,20)21/h5-9,13H,3-4H2,1-2H3. The van der Waals surface area contributed by atoms with Gasteiger partial charge in [0.25, 0.3) is 0 Å². The van der Waals surface area contributed by atoms with Crippen LogP contribution >= 0.6 is 0 Å². The van der Waals surface area contributed by atoms with Gasteiger partial charge in [-0.15, -0.1) is 0 Å². The summed E-state index contributed by atoms with van der Waals surface area (Å²) in [7, 11) is 0. The third-order valence-electron chi connectivity index (χ3n) is 2.72. The van der Waals surface area contributed by atoms with Crippen molar-refractivity contribution >= 4 is 6.08 Å². The van der Waals surface area contributed by atoms with E-state index in [1.54, 1.807) is 13.8 Å². The average molecular weight is 342 g/mol. The van der Waals surface area contributed by atoms with Crippen LogP contribution in [0, 0.1) is 0 Å². The smallest absolute Gasteiger partial charge is 0.349 e. The van der Waals surface area contributed by atoms with Crippen molar-refractivity contribution in [1.29, 1.82) is 0 Å². The molecule has 130 valence electrons. The van der Waals surface area contributed by atoms with Crippen molar-refractivity contribution in [1.82, 2.24) is 0 Å². The minimum absolute atomic E-state index is 0.0832. The Morgan fingerprint density at radius 3 is 1.65 bits per heavy atom. The molecule has 0 saturated heterocycles. The Morgan fingerprint density at radius 1 is 0.870 bits per heavy atom. The van der Waals surface area contributed by atoms with E-state index in [1.807, 2.05) is 0 Å². The van der Waals surface area contributed by atoms with Crippen molar-refractivity contribution in [3.05, 3.63) is 41.0 Å². The maximum absolute atomic E-state index is 12.7. The molecule has 0 unspecified atom stereocenters. The molecule has 0 aromatic heterocycles. The third kappa shape index (κ3) is 6.23. The van der Waals surface area contributed by atoms with E-state index in [4.69, 9.17) is 9.47 Å². The predicted molar refractivity (Wildman–Crippen MR) is 72.5 cm³/mol. The van der Waals surface area contributed by atoms with Gasteiger partial charge in [-0.3, -0.25) is 0 Å². The highest BCUT2D eigenvalue weighted by Gasteiger charge is 2.36. The fourth-order valence-electron chi connectivity index (χ4n) is 1.75. The second kappa shape index (κ2) is 7.83. The lowest BCUT2D eigenvalue weighted by atomic mass is 10.0. The van der Waals surface area contributed by atoms with Gasteiger partial charge in [0.15, 0.2) is 6.29 Å². The Morgan fingerprint density at radius 2 is 1.30 bits per heavy atom. The third-order valence-corrected chi connectivity index (χ3v) is 2.72. The van der Waals surface area contributed by atoms with Crippen molar-refractivity contribution in [2.45, 2.75) is 32.5 Å². The molecule has 0 spiro atoms. The van der Waals surface area contributed by atoms with E-state index >= 15 is 0 Å². The maximum atomic E-state index is 12.7. The van der Waals surface area contributed by atoms with E-state index in [0.29, 0.717) is 12.1 Å². The Hall–Kier alpha value is -1.54. The van der Waals surface area contributed by atoms with Crippen LogP contribution in [0.2, 0.25) is 0 Å². The summed E-state index contributed by atoms with van der Waals surface area (Å²) >= 11 is 0. The van der Waals surface area contributed by atoms with Gasteiger partial charge in [-0.25, -0.2) is 0 Å². The van der Waals surface area contributed by atoms with Gasteiger partial charge in [0, 0.05) is 13.2 Å². The van der Waals surface area contributed by atoms with Crippen molar-refractivity contribution in [2.24, 2.45) is 0 Å². The molecule has 0 saturated carbocycles. The maximum Gasteiger partial charge on any atom is 0.416 e. The van der Waals surface area contributed by atoms with Crippen molar-refractivity contribution < 1.29 is 35.8 Å². The minimum Gasteiger partial charge on any atom is -0.349 e. The zero-order valence-electron chi connectivity index (χ0n) is 12.5. The first kappa shape index (κ1) is 19.5. The Balaban J connectivity index is 3.19. The molecule has 0 bridgehead atoms. The summed E-state index contributed by atoms with van der Waals surface area (Å²) in [6.45, 7) is 3.94. The molecule has 2 nitrogen and oxygen atoms in total.